The highest BCUT2D eigenvalue weighted by molar-refractivity contribution is 5.97. The van der Waals surface area contributed by atoms with Crippen molar-refractivity contribution in [3.63, 3.8) is 0 Å². The van der Waals surface area contributed by atoms with Crippen LogP contribution in [-0.2, 0) is 4.79 Å². The van der Waals surface area contributed by atoms with Gasteiger partial charge in [-0.15, -0.1) is 0 Å². The Morgan fingerprint density at radius 1 is 1.38 bits per heavy atom. The van der Waals surface area contributed by atoms with E-state index < -0.39 is 30.2 Å². The Hall–Kier alpha value is -2.32. The monoisotopic (exact) mass is 304 g/mol. The number of nitrogens with zero attached hydrogens (tertiary/aromatic N) is 1. The molecule has 0 bridgehead atoms. The van der Waals surface area contributed by atoms with Crippen LogP contribution in [0.15, 0.2) is 18.2 Å². The minimum atomic E-state index is -4.51. The molecule has 0 atom stereocenters. The van der Waals surface area contributed by atoms with Gasteiger partial charge in [-0.2, -0.15) is 13.2 Å². The molecular formula is C12H11F3N2O4. The average molecular weight is 304 g/mol. The fourth-order valence-electron chi connectivity index (χ4n) is 1.58. The predicted molar refractivity (Wildman–Crippen MR) is 62.9 cm³/mol. The molecule has 0 aromatic carbocycles. The van der Waals surface area contributed by atoms with E-state index in [1.807, 2.05) is 0 Å². The van der Waals surface area contributed by atoms with Crippen LogP contribution in [0.4, 0.5) is 13.2 Å². The lowest BCUT2D eigenvalue weighted by Crippen LogP contribution is -2.43. The fraction of sp³-hybridized carbons (Fsp3) is 0.417. The van der Waals surface area contributed by atoms with Crippen LogP contribution in [-0.4, -0.2) is 40.3 Å². The number of nitrogens with one attached hydrogen (secondary N) is 1. The summed E-state index contributed by atoms with van der Waals surface area (Å²) in [4.78, 5) is 26.4. The predicted octanol–water partition coefficient (Wildman–Crippen LogP) is 1.37. The normalized spacial score (nSPS) is 16.1. The number of halogens is 3. The molecule has 1 aromatic rings. The zero-order chi connectivity index (χ0) is 15.7. The van der Waals surface area contributed by atoms with Crippen LogP contribution in [0, 0.1) is 0 Å². The van der Waals surface area contributed by atoms with Gasteiger partial charge in [-0.3, -0.25) is 4.79 Å². The summed E-state index contributed by atoms with van der Waals surface area (Å²) < 4.78 is 40.5. The molecule has 114 valence electrons. The van der Waals surface area contributed by atoms with E-state index in [0.717, 1.165) is 0 Å². The molecule has 6 nitrogen and oxygen atoms in total. The number of amides is 1. The average Bonchev–Trinajstić information content (AvgIpc) is 3.17. The number of carboxylic acid groups (broad SMARTS) is 1. The van der Waals surface area contributed by atoms with Crippen molar-refractivity contribution in [1.82, 2.24) is 10.3 Å². The molecular weight excluding hydrogens is 293 g/mol. The second kappa shape index (κ2) is 5.23. The first-order valence-corrected chi connectivity index (χ1v) is 5.94. The number of carbonyl (C=O) groups is 2. The van der Waals surface area contributed by atoms with Gasteiger partial charge in [0, 0.05) is 6.07 Å². The topological polar surface area (TPSA) is 88.5 Å². The summed E-state index contributed by atoms with van der Waals surface area (Å²) >= 11 is 0. The minimum absolute atomic E-state index is 0.206. The Morgan fingerprint density at radius 2 is 2.05 bits per heavy atom. The van der Waals surface area contributed by atoms with Gasteiger partial charge in [0.05, 0.1) is 0 Å². The van der Waals surface area contributed by atoms with Crippen molar-refractivity contribution in [2.24, 2.45) is 0 Å². The summed E-state index contributed by atoms with van der Waals surface area (Å²) in [5, 5.41) is 11.2. The number of carboxylic acids is 1. The van der Waals surface area contributed by atoms with Gasteiger partial charge < -0.3 is 15.2 Å². The van der Waals surface area contributed by atoms with Gasteiger partial charge >= 0.3 is 12.1 Å². The van der Waals surface area contributed by atoms with Gasteiger partial charge in [-0.05, 0) is 18.9 Å². The lowest BCUT2D eigenvalue weighted by molar-refractivity contribution is -0.154. The molecule has 1 aliphatic rings. The van der Waals surface area contributed by atoms with Crippen molar-refractivity contribution in [2.75, 3.05) is 6.61 Å². The second-order valence-corrected chi connectivity index (χ2v) is 4.61. The molecule has 1 heterocycles. The Bertz CT molecular complexity index is 570. The smallest absolute Gasteiger partial charge is 0.422 e. The quantitative estimate of drug-likeness (QED) is 0.857. The van der Waals surface area contributed by atoms with Crippen LogP contribution in [0.5, 0.6) is 5.88 Å². The molecule has 0 unspecified atom stereocenters. The number of alkyl halides is 3. The standard InChI is InChI=1S/C12H11F3N2O4/c13-12(14,15)6-21-8-3-1-2-7(16-8)9(18)17-11(4-5-11)10(19)20/h1-3H,4-6H2,(H,17,18)(H,19,20). The van der Waals surface area contributed by atoms with E-state index in [1.54, 1.807) is 0 Å². The van der Waals surface area contributed by atoms with E-state index in [4.69, 9.17) is 5.11 Å². The summed E-state index contributed by atoms with van der Waals surface area (Å²) in [7, 11) is 0. The molecule has 1 aromatic heterocycles. The van der Waals surface area contributed by atoms with Crippen molar-refractivity contribution in [3.8, 4) is 5.88 Å². The molecule has 21 heavy (non-hydrogen) atoms. The van der Waals surface area contributed by atoms with E-state index in [-0.39, 0.29) is 11.6 Å². The van der Waals surface area contributed by atoms with Crippen LogP contribution in [0.2, 0.25) is 0 Å². The third kappa shape index (κ3) is 3.83. The second-order valence-electron chi connectivity index (χ2n) is 4.61. The molecule has 2 rings (SSSR count). The molecule has 1 amide bonds. The van der Waals surface area contributed by atoms with Crippen LogP contribution in [0.1, 0.15) is 23.3 Å². The first kappa shape index (κ1) is 15.1. The van der Waals surface area contributed by atoms with Crippen molar-refractivity contribution in [3.05, 3.63) is 23.9 Å². The SMILES string of the molecule is O=C(NC1(C(=O)O)CC1)c1cccc(OCC(F)(F)F)n1. The zero-order valence-corrected chi connectivity index (χ0v) is 10.6. The summed E-state index contributed by atoms with van der Waals surface area (Å²) in [5.74, 6) is -2.28. The highest BCUT2D eigenvalue weighted by atomic mass is 19.4. The third-order valence-electron chi connectivity index (χ3n) is 2.85. The number of hydrogen-bond donors (Lipinski definition) is 2. The summed E-state index contributed by atoms with van der Waals surface area (Å²) in [5.41, 5.74) is -1.50. The zero-order valence-electron chi connectivity index (χ0n) is 10.6. The largest absolute Gasteiger partial charge is 0.480 e. The minimum Gasteiger partial charge on any atom is -0.480 e. The van der Waals surface area contributed by atoms with E-state index in [2.05, 4.69) is 15.0 Å². The van der Waals surface area contributed by atoms with Crippen LogP contribution in [0.3, 0.4) is 0 Å². The van der Waals surface area contributed by atoms with Crippen molar-refractivity contribution in [1.29, 1.82) is 0 Å². The number of ether oxygens (including phenoxy) is 1. The van der Waals surface area contributed by atoms with E-state index in [1.165, 1.54) is 18.2 Å². The lowest BCUT2D eigenvalue weighted by atomic mass is 10.2. The molecule has 1 saturated carbocycles. The first-order valence-electron chi connectivity index (χ1n) is 5.94. The van der Waals surface area contributed by atoms with E-state index >= 15 is 0 Å². The summed E-state index contributed by atoms with van der Waals surface area (Å²) in [6.07, 6.45) is -3.90. The van der Waals surface area contributed by atoms with Crippen LogP contribution < -0.4 is 10.1 Å². The highest BCUT2D eigenvalue weighted by Crippen LogP contribution is 2.35. The number of pyridine rings is 1. The molecule has 1 aliphatic carbocycles. The number of carbonyl (C=O) groups excluding carboxylic acids is 1. The van der Waals surface area contributed by atoms with Crippen molar-refractivity contribution >= 4 is 11.9 Å². The molecule has 1 fully saturated rings. The third-order valence-corrected chi connectivity index (χ3v) is 2.85. The Morgan fingerprint density at radius 3 is 2.57 bits per heavy atom. The lowest BCUT2D eigenvalue weighted by Gasteiger charge is -2.13. The molecule has 9 heteroatoms. The first-order chi connectivity index (χ1) is 9.72. The van der Waals surface area contributed by atoms with Crippen molar-refractivity contribution in [2.45, 2.75) is 24.6 Å². The fourth-order valence-corrected chi connectivity index (χ4v) is 1.58. The summed E-state index contributed by atoms with van der Waals surface area (Å²) in [6, 6.07) is 3.73. The number of rotatable bonds is 5. The Balaban J connectivity index is 2.03. The van der Waals surface area contributed by atoms with Gasteiger partial charge in [-0.1, -0.05) is 6.07 Å². The maximum absolute atomic E-state index is 12.0. The van der Waals surface area contributed by atoms with Gasteiger partial charge in [0.1, 0.15) is 11.2 Å². The molecule has 0 saturated heterocycles. The van der Waals surface area contributed by atoms with E-state index in [9.17, 15) is 22.8 Å². The van der Waals surface area contributed by atoms with Gasteiger partial charge in [-0.25, -0.2) is 9.78 Å². The molecule has 0 spiro atoms. The summed E-state index contributed by atoms with van der Waals surface area (Å²) in [6.45, 7) is -1.52. The van der Waals surface area contributed by atoms with Gasteiger partial charge in [0.2, 0.25) is 5.88 Å². The van der Waals surface area contributed by atoms with Crippen LogP contribution in [0.25, 0.3) is 0 Å². The molecule has 2 N–H and O–H groups in total. The molecule has 0 radical (unpaired) electrons. The number of aromatic nitrogens is 1. The van der Waals surface area contributed by atoms with Crippen molar-refractivity contribution < 1.29 is 32.6 Å². The van der Waals surface area contributed by atoms with Gasteiger partial charge in [0.15, 0.2) is 6.61 Å². The van der Waals surface area contributed by atoms with Crippen LogP contribution >= 0.6 is 0 Å². The maximum atomic E-state index is 12.0. The molecule has 0 aliphatic heterocycles. The highest BCUT2D eigenvalue weighted by Gasteiger charge is 2.51. The Labute approximate surface area is 116 Å². The Kier molecular flexibility index (Phi) is 3.75. The number of hydrogen-bond acceptors (Lipinski definition) is 4. The van der Waals surface area contributed by atoms with Gasteiger partial charge in [0.25, 0.3) is 5.91 Å². The maximum Gasteiger partial charge on any atom is 0.422 e. The number of aliphatic carboxylic acids is 1. The van der Waals surface area contributed by atoms with E-state index in [0.29, 0.717) is 12.8 Å².